The molecule has 0 N–H and O–H groups in total. The second kappa shape index (κ2) is 9.88. The molecule has 33 heavy (non-hydrogen) atoms. The Morgan fingerprint density at radius 2 is 1.82 bits per heavy atom. The Bertz CT molecular complexity index is 1190. The van der Waals surface area contributed by atoms with E-state index in [1.54, 1.807) is 29.2 Å². The van der Waals surface area contributed by atoms with Gasteiger partial charge in [0.1, 0.15) is 5.75 Å². The van der Waals surface area contributed by atoms with E-state index >= 15 is 0 Å². The summed E-state index contributed by atoms with van der Waals surface area (Å²) in [5.41, 5.74) is 0.634. The van der Waals surface area contributed by atoms with E-state index in [9.17, 15) is 18.4 Å². The van der Waals surface area contributed by atoms with Crippen molar-refractivity contribution in [2.75, 3.05) is 18.8 Å². The Morgan fingerprint density at radius 1 is 1.15 bits per heavy atom. The lowest BCUT2D eigenvalue weighted by molar-refractivity contribution is -0.140. The number of benzene rings is 2. The quantitative estimate of drug-likeness (QED) is 0.400. The van der Waals surface area contributed by atoms with Gasteiger partial charge in [0.2, 0.25) is 5.91 Å². The molecule has 0 bridgehead atoms. The van der Waals surface area contributed by atoms with Crippen molar-refractivity contribution in [3.63, 3.8) is 0 Å². The van der Waals surface area contributed by atoms with E-state index < -0.39 is 6.61 Å². The molecule has 2 heterocycles. The van der Waals surface area contributed by atoms with Gasteiger partial charge in [0.25, 0.3) is 5.56 Å². The largest absolute Gasteiger partial charge is 0.435 e. The molecule has 1 aliphatic rings. The molecule has 1 aromatic heterocycles. The van der Waals surface area contributed by atoms with Crippen molar-refractivity contribution in [1.82, 2.24) is 14.5 Å². The van der Waals surface area contributed by atoms with Crippen molar-refractivity contribution in [2.45, 2.75) is 37.8 Å². The fourth-order valence-corrected chi connectivity index (χ4v) is 4.73. The molecule has 0 spiro atoms. The number of alkyl halides is 2. The summed E-state index contributed by atoms with van der Waals surface area (Å²) >= 11 is 1.16. The number of carbonyl (C=O) groups excluding carboxylic acids is 1. The topological polar surface area (TPSA) is 73.7 Å². The van der Waals surface area contributed by atoms with Gasteiger partial charge >= 0.3 is 6.61 Å². The number of fused-ring (bicyclic) bond motifs is 1. The molecule has 7 nitrogen and oxygen atoms in total. The van der Waals surface area contributed by atoms with Crippen LogP contribution in [0.4, 0.5) is 8.78 Å². The minimum Gasteiger partial charge on any atom is -0.435 e. The first-order valence-electron chi connectivity index (χ1n) is 10.4. The van der Waals surface area contributed by atoms with E-state index in [2.05, 4.69) is 9.72 Å². The van der Waals surface area contributed by atoms with Gasteiger partial charge in [-0.15, -0.1) is 0 Å². The lowest BCUT2D eigenvalue weighted by Crippen LogP contribution is -2.48. The zero-order valence-corrected chi connectivity index (χ0v) is 18.9. The van der Waals surface area contributed by atoms with Gasteiger partial charge in [-0.2, -0.15) is 8.78 Å². The van der Waals surface area contributed by atoms with Gasteiger partial charge in [0.15, 0.2) is 5.16 Å². The molecule has 2 atom stereocenters. The van der Waals surface area contributed by atoms with Crippen LogP contribution in [0.25, 0.3) is 16.6 Å². The maximum Gasteiger partial charge on any atom is 0.387 e. The highest BCUT2D eigenvalue weighted by atomic mass is 32.2. The molecule has 2 unspecified atom stereocenters. The van der Waals surface area contributed by atoms with Gasteiger partial charge in [-0.1, -0.05) is 23.9 Å². The lowest BCUT2D eigenvalue weighted by Gasteiger charge is -2.35. The average Bonchev–Trinajstić information content (AvgIpc) is 2.77. The molecule has 4 rings (SSSR count). The summed E-state index contributed by atoms with van der Waals surface area (Å²) in [7, 11) is 0. The monoisotopic (exact) mass is 475 g/mol. The van der Waals surface area contributed by atoms with Crippen LogP contribution in [0.15, 0.2) is 58.5 Å². The number of thioether (sulfide) groups is 1. The zero-order valence-electron chi connectivity index (χ0n) is 18.1. The maximum absolute atomic E-state index is 13.3. The van der Waals surface area contributed by atoms with Gasteiger partial charge in [0, 0.05) is 13.1 Å². The number of nitrogens with zero attached hydrogens (tertiary/aromatic N) is 3. The lowest BCUT2D eigenvalue weighted by atomic mass is 10.2. The number of ether oxygens (including phenoxy) is 2. The number of hydrogen-bond acceptors (Lipinski definition) is 6. The van der Waals surface area contributed by atoms with E-state index in [1.807, 2.05) is 13.8 Å². The fraction of sp³-hybridized carbons (Fsp3) is 0.348. The van der Waals surface area contributed by atoms with Crippen LogP contribution in [0.2, 0.25) is 0 Å². The molecular formula is C23H23F2N3O4S. The second-order valence-electron chi connectivity index (χ2n) is 7.77. The smallest absolute Gasteiger partial charge is 0.387 e. The van der Waals surface area contributed by atoms with E-state index in [4.69, 9.17) is 4.74 Å². The summed E-state index contributed by atoms with van der Waals surface area (Å²) in [5.74, 6) is 0.00342. The van der Waals surface area contributed by atoms with E-state index in [0.29, 0.717) is 34.8 Å². The Morgan fingerprint density at radius 3 is 2.48 bits per heavy atom. The van der Waals surface area contributed by atoms with Crippen LogP contribution in [-0.2, 0) is 9.53 Å². The molecule has 0 aliphatic carbocycles. The molecule has 3 aromatic rings. The van der Waals surface area contributed by atoms with Crippen LogP contribution in [0.3, 0.4) is 0 Å². The van der Waals surface area contributed by atoms with Crippen molar-refractivity contribution in [1.29, 1.82) is 0 Å². The van der Waals surface area contributed by atoms with Crippen LogP contribution < -0.4 is 10.3 Å². The Hall–Kier alpha value is -2.98. The highest BCUT2D eigenvalue weighted by Crippen LogP contribution is 2.24. The first kappa shape index (κ1) is 23.2. The molecule has 0 radical (unpaired) electrons. The van der Waals surface area contributed by atoms with Crippen LogP contribution >= 0.6 is 11.8 Å². The Balaban J connectivity index is 1.65. The van der Waals surface area contributed by atoms with Gasteiger partial charge in [0.05, 0.1) is 34.6 Å². The van der Waals surface area contributed by atoms with Crippen molar-refractivity contribution in [3.8, 4) is 11.4 Å². The number of para-hydroxylation sites is 1. The van der Waals surface area contributed by atoms with Crippen molar-refractivity contribution in [2.24, 2.45) is 0 Å². The van der Waals surface area contributed by atoms with Crippen LogP contribution in [0.1, 0.15) is 13.8 Å². The summed E-state index contributed by atoms with van der Waals surface area (Å²) in [6, 6.07) is 12.7. The number of hydrogen-bond donors (Lipinski definition) is 0. The molecule has 174 valence electrons. The summed E-state index contributed by atoms with van der Waals surface area (Å²) in [5, 5.41) is 0.751. The van der Waals surface area contributed by atoms with E-state index in [-0.39, 0.29) is 35.2 Å². The van der Waals surface area contributed by atoms with E-state index in [0.717, 1.165) is 11.8 Å². The number of morpholine rings is 1. The van der Waals surface area contributed by atoms with Gasteiger partial charge in [-0.05, 0) is 50.2 Å². The average molecular weight is 476 g/mol. The molecule has 1 aliphatic heterocycles. The predicted octanol–water partition coefficient (Wildman–Crippen LogP) is 3.72. The third kappa shape index (κ3) is 5.33. The predicted molar refractivity (Wildman–Crippen MR) is 121 cm³/mol. The minimum atomic E-state index is -2.94. The highest BCUT2D eigenvalue weighted by Gasteiger charge is 2.26. The maximum atomic E-state index is 13.3. The van der Waals surface area contributed by atoms with Crippen molar-refractivity contribution in [3.05, 3.63) is 58.9 Å². The van der Waals surface area contributed by atoms with Gasteiger partial charge < -0.3 is 14.4 Å². The standard InChI is InChI=1S/C23H23F2N3O4S/c1-14-11-27(12-15(2)31-14)20(29)13-33-23-26-19-6-4-3-5-18(19)21(30)28(23)16-7-9-17(10-8-16)32-22(24)25/h3-10,14-15,22H,11-13H2,1-2H3. The first-order valence-corrected chi connectivity index (χ1v) is 11.4. The molecular weight excluding hydrogens is 452 g/mol. The van der Waals surface area contributed by atoms with E-state index in [1.165, 1.54) is 28.8 Å². The summed E-state index contributed by atoms with van der Waals surface area (Å²) in [6.07, 6.45) is -0.0951. The Labute approximate surface area is 193 Å². The van der Waals surface area contributed by atoms with Gasteiger partial charge in [-0.25, -0.2) is 4.98 Å². The number of rotatable bonds is 6. The first-order chi connectivity index (χ1) is 15.8. The number of amides is 1. The molecule has 2 aromatic carbocycles. The summed E-state index contributed by atoms with van der Waals surface area (Å²) in [6.45, 7) is 1.92. The van der Waals surface area contributed by atoms with Crippen LogP contribution in [0.5, 0.6) is 5.75 Å². The van der Waals surface area contributed by atoms with Crippen molar-refractivity contribution < 1.29 is 23.0 Å². The number of aromatic nitrogens is 2. The number of carbonyl (C=O) groups is 1. The molecule has 1 fully saturated rings. The van der Waals surface area contributed by atoms with Crippen molar-refractivity contribution >= 4 is 28.6 Å². The summed E-state index contributed by atoms with van der Waals surface area (Å²) in [4.78, 5) is 32.5. The third-order valence-corrected chi connectivity index (χ3v) is 6.09. The fourth-order valence-electron chi connectivity index (χ4n) is 3.81. The minimum absolute atomic E-state index is 0.0181. The van der Waals surface area contributed by atoms with Crippen LogP contribution in [0, 0.1) is 0 Å². The van der Waals surface area contributed by atoms with Gasteiger partial charge in [-0.3, -0.25) is 14.2 Å². The summed E-state index contributed by atoms with van der Waals surface area (Å²) < 4.78 is 36.5. The zero-order chi connectivity index (χ0) is 23.5. The van der Waals surface area contributed by atoms with Crippen LogP contribution in [-0.4, -0.2) is 58.0 Å². The highest BCUT2D eigenvalue weighted by molar-refractivity contribution is 7.99. The Kier molecular flexibility index (Phi) is 6.94. The normalized spacial score (nSPS) is 18.6. The third-order valence-electron chi connectivity index (χ3n) is 5.16. The molecule has 10 heteroatoms. The number of halogens is 2. The molecule has 0 saturated carbocycles. The molecule has 1 saturated heterocycles. The molecule has 1 amide bonds. The second-order valence-corrected chi connectivity index (χ2v) is 8.71. The SMILES string of the molecule is CC1CN(C(=O)CSc2nc3ccccc3c(=O)n2-c2ccc(OC(F)F)cc2)CC(C)O1.